The van der Waals surface area contributed by atoms with Gasteiger partial charge in [-0.2, -0.15) is 0 Å². The van der Waals surface area contributed by atoms with Crippen LogP contribution >= 0.6 is 0 Å². The van der Waals surface area contributed by atoms with Crippen molar-refractivity contribution in [2.24, 2.45) is 0 Å². The summed E-state index contributed by atoms with van der Waals surface area (Å²) in [6.07, 6.45) is 2.98. The molecule has 2 aliphatic rings. The fourth-order valence-corrected chi connectivity index (χ4v) is 4.02. The molecule has 2 aromatic rings. The number of amides is 1. The maximum atomic E-state index is 12.6. The van der Waals surface area contributed by atoms with E-state index >= 15 is 0 Å². The number of fused-ring (bicyclic) bond motifs is 1. The number of carbonyl (C=O) groups is 1. The standard InChI is InChI=1S/C20H23N3O/c1-15-5-4-7-17(21-15)13-23-12-11-20(14-23)10-9-16-6-2-3-8-18(16)19(24)22-20/h2-8H,9-14H2,1H3,(H,22,24)/t20-/m0/s1. The molecule has 4 rings (SSSR count). The zero-order chi connectivity index (χ0) is 16.6. The number of nitrogens with zero attached hydrogens (tertiary/aromatic N) is 2. The Hall–Kier alpha value is -2.20. The molecular weight excluding hydrogens is 298 g/mol. The summed E-state index contributed by atoms with van der Waals surface area (Å²) in [7, 11) is 0. The van der Waals surface area contributed by atoms with E-state index in [1.807, 2.05) is 31.2 Å². The average molecular weight is 321 g/mol. The van der Waals surface area contributed by atoms with Crippen LogP contribution in [0, 0.1) is 6.92 Å². The Kier molecular flexibility index (Phi) is 3.85. The van der Waals surface area contributed by atoms with Crippen LogP contribution in [0.4, 0.5) is 0 Å². The first-order valence-electron chi connectivity index (χ1n) is 8.69. The zero-order valence-corrected chi connectivity index (χ0v) is 14.1. The van der Waals surface area contributed by atoms with Crippen LogP contribution in [0.3, 0.4) is 0 Å². The van der Waals surface area contributed by atoms with Crippen LogP contribution in [0.2, 0.25) is 0 Å². The van der Waals surface area contributed by atoms with Crippen LogP contribution in [-0.2, 0) is 13.0 Å². The van der Waals surface area contributed by atoms with Crippen molar-refractivity contribution >= 4 is 5.91 Å². The molecule has 0 saturated carbocycles. The maximum absolute atomic E-state index is 12.6. The quantitative estimate of drug-likeness (QED) is 0.925. The van der Waals surface area contributed by atoms with Gasteiger partial charge in [-0.15, -0.1) is 0 Å². The van der Waals surface area contributed by atoms with Crippen molar-refractivity contribution in [1.29, 1.82) is 0 Å². The minimum Gasteiger partial charge on any atom is -0.345 e. The lowest BCUT2D eigenvalue weighted by molar-refractivity contribution is 0.0902. The van der Waals surface area contributed by atoms with E-state index in [4.69, 9.17) is 0 Å². The molecule has 1 spiro atoms. The van der Waals surface area contributed by atoms with E-state index in [1.165, 1.54) is 5.56 Å². The highest BCUT2D eigenvalue weighted by atomic mass is 16.1. The number of pyridine rings is 1. The van der Waals surface area contributed by atoms with Crippen LogP contribution in [0.5, 0.6) is 0 Å². The monoisotopic (exact) mass is 321 g/mol. The van der Waals surface area contributed by atoms with E-state index in [2.05, 4.69) is 33.4 Å². The van der Waals surface area contributed by atoms with Crippen molar-refractivity contribution in [2.75, 3.05) is 13.1 Å². The third kappa shape index (κ3) is 2.94. The number of rotatable bonds is 2. The van der Waals surface area contributed by atoms with Crippen LogP contribution in [0.1, 0.15) is 40.2 Å². The van der Waals surface area contributed by atoms with Gasteiger partial charge in [0.05, 0.1) is 11.2 Å². The molecular formula is C20H23N3O. The second-order valence-corrected chi connectivity index (χ2v) is 7.12. The highest BCUT2D eigenvalue weighted by Crippen LogP contribution is 2.31. The molecule has 2 aliphatic heterocycles. The van der Waals surface area contributed by atoms with Crippen molar-refractivity contribution in [3.05, 3.63) is 65.0 Å². The molecule has 1 fully saturated rings. The molecule has 1 N–H and O–H groups in total. The number of nitrogens with one attached hydrogen (secondary N) is 1. The van der Waals surface area contributed by atoms with Crippen LogP contribution in [0.25, 0.3) is 0 Å². The van der Waals surface area contributed by atoms with E-state index in [1.54, 1.807) is 0 Å². The van der Waals surface area contributed by atoms with Crippen molar-refractivity contribution < 1.29 is 4.79 Å². The highest BCUT2D eigenvalue weighted by molar-refractivity contribution is 5.96. The summed E-state index contributed by atoms with van der Waals surface area (Å²) in [5.41, 5.74) is 4.08. The minimum absolute atomic E-state index is 0.0821. The van der Waals surface area contributed by atoms with Gasteiger partial charge in [0.15, 0.2) is 0 Å². The van der Waals surface area contributed by atoms with E-state index < -0.39 is 0 Å². The van der Waals surface area contributed by atoms with Gasteiger partial charge in [0.2, 0.25) is 0 Å². The first-order chi connectivity index (χ1) is 11.6. The number of carbonyl (C=O) groups excluding carboxylic acids is 1. The molecule has 3 heterocycles. The number of aryl methyl sites for hydroxylation is 2. The SMILES string of the molecule is Cc1cccc(CN2CC[C@@]3(CCc4ccccc4C(=O)N3)C2)n1. The van der Waals surface area contributed by atoms with E-state index in [0.717, 1.165) is 55.8 Å². The molecule has 1 aromatic carbocycles. The van der Waals surface area contributed by atoms with Gasteiger partial charge in [-0.3, -0.25) is 14.7 Å². The van der Waals surface area contributed by atoms with Gasteiger partial charge in [-0.1, -0.05) is 24.3 Å². The molecule has 4 nitrogen and oxygen atoms in total. The van der Waals surface area contributed by atoms with Crippen molar-refractivity contribution in [2.45, 2.75) is 38.3 Å². The molecule has 1 amide bonds. The van der Waals surface area contributed by atoms with Gasteiger partial charge in [-0.05, 0) is 49.9 Å². The molecule has 1 aromatic heterocycles. The predicted molar refractivity (Wildman–Crippen MR) is 93.8 cm³/mol. The van der Waals surface area contributed by atoms with Gasteiger partial charge in [0, 0.05) is 30.9 Å². The number of benzene rings is 1. The minimum atomic E-state index is -0.0973. The van der Waals surface area contributed by atoms with Crippen molar-refractivity contribution in [3.8, 4) is 0 Å². The first-order valence-corrected chi connectivity index (χ1v) is 8.69. The fourth-order valence-electron chi connectivity index (χ4n) is 4.02. The summed E-state index contributed by atoms with van der Waals surface area (Å²) < 4.78 is 0. The summed E-state index contributed by atoms with van der Waals surface area (Å²) in [5.74, 6) is 0.0821. The molecule has 0 aliphatic carbocycles. The summed E-state index contributed by atoms with van der Waals surface area (Å²) in [5, 5.41) is 3.34. The maximum Gasteiger partial charge on any atom is 0.252 e. The molecule has 1 saturated heterocycles. The highest BCUT2D eigenvalue weighted by Gasteiger charge is 2.41. The number of hydrogen-bond acceptors (Lipinski definition) is 3. The Morgan fingerprint density at radius 2 is 2.04 bits per heavy atom. The van der Waals surface area contributed by atoms with E-state index in [0.29, 0.717) is 0 Å². The number of hydrogen-bond donors (Lipinski definition) is 1. The smallest absolute Gasteiger partial charge is 0.252 e. The Balaban J connectivity index is 1.49. The fraction of sp³-hybridized carbons (Fsp3) is 0.400. The normalized spacial score (nSPS) is 23.8. The number of aromatic nitrogens is 1. The molecule has 0 radical (unpaired) electrons. The average Bonchev–Trinajstić information content (AvgIpc) is 2.89. The molecule has 0 unspecified atom stereocenters. The lowest BCUT2D eigenvalue weighted by Gasteiger charge is -2.29. The van der Waals surface area contributed by atoms with Gasteiger partial charge in [0.25, 0.3) is 5.91 Å². The predicted octanol–water partition coefficient (Wildman–Crippen LogP) is 2.71. The molecule has 1 atom stereocenters. The van der Waals surface area contributed by atoms with Gasteiger partial charge >= 0.3 is 0 Å². The summed E-state index contributed by atoms with van der Waals surface area (Å²) in [6.45, 7) is 4.79. The van der Waals surface area contributed by atoms with E-state index in [9.17, 15) is 4.79 Å². The van der Waals surface area contributed by atoms with Crippen LogP contribution < -0.4 is 5.32 Å². The summed E-state index contributed by atoms with van der Waals surface area (Å²) >= 11 is 0. The lowest BCUT2D eigenvalue weighted by Crippen LogP contribution is -2.49. The third-order valence-electron chi connectivity index (χ3n) is 5.28. The largest absolute Gasteiger partial charge is 0.345 e. The zero-order valence-electron chi connectivity index (χ0n) is 14.1. The van der Waals surface area contributed by atoms with Gasteiger partial charge in [-0.25, -0.2) is 0 Å². The van der Waals surface area contributed by atoms with Crippen molar-refractivity contribution in [3.63, 3.8) is 0 Å². The first kappa shape index (κ1) is 15.3. The van der Waals surface area contributed by atoms with Crippen LogP contribution in [-0.4, -0.2) is 34.4 Å². The Morgan fingerprint density at radius 3 is 2.92 bits per heavy atom. The number of likely N-dealkylation sites (tertiary alicyclic amines) is 1. The Morgan fingerprint density at radius 1 is 1.17 bits per heavy atom. The lowest BCUT2D eigenvalue weighted by atomic mass is 9.91. The van der Waals surface area contributed by atoms with Gasteiger partial charge in [0.1, 0.15) is 0 Å². The molecule has 24 heavy (non-hydrogen) atoms. The molecule has 124 valence electrons. The second-order valence-electron chi connectivity index (χ2n) is 7.12. The second kappa shape index (κ2) is 6.02. The van der Waals surface area contributed by atoms with E-state index in [-0.39, 0.29) is 11.4 Å². The molecule has 0 bridgehead atoms. The van der Waals surface area contributed by atoms with Gasteiger partial charge < -0.3 is 5.32 Å². The Labute approximate surface area is 142 Å². The summed E-state index contributed by atoms with van der Waals surface area (Å²) in [6, 6.07) is 14.2. The topological polar surface area (TPSA) is 45.2 Å². The third-order valence-corrected chi connectivity index (χ3v) is 5.28. The van der Waals surface area contributed by atoms with Crippen LogP contribution in [0.15, 0.2) is 42.5 Å². The Bertz CT molecular complexity index is 773. The summed E-state index contributed by atoms with van der Waals surface area (Å²) in [4.78, 5) is 19.7. The van der Waals surface area contributed by atoms with Crippen molar-refractivity contribution in [1.82, 2.24) is 15.2 Å². The molecule has 4 heteroatoms.